The minimum atomic E-state index is -1.06. The fourth-order valence-electron chi connectivity index (χ4n) is 2.92. The van der Waals surface area contributed by atoms with Crippen LogP contribution in [0, 0.1) is 0 Å². The van der Waals surface area contributed by atoms with Crippen molar-refractivity contribution in [2.75, 3.05) is 0 Å². The number of hydrogen-bond donors (Lipinski definition) is 2. The molecule has 0 radical (unpaired) electrons. The predicted molar refractivity (Wildman–Crippen MR) is 114 cm³/mol. The van der Waals surface area contributed by atoms with E-state index in [2.05, 4.69) is 11.7 Å². The summed E-state index contributed by atoms with van der Waals surface area (Å²) in [6.45, 7) is 2.24. The molecule has 0 aliphatic rings. The Morgan fingerprint density at radius 3 is 1.68 bits per heavy atom. The Hall–Kier alpha value is -0.664. The number of carboxylic acid groups (broad SMARTS) is 1. The molecule has 1 unspecified atom stereocenters. The molecule has 0 aromatic heterocycles. The van der Waals surface area contributed by atoms with E-state index in [1.54, 1.807) is 0 Å². The average molecular weight is 412 g/mol. The van der Waals surface area contributed by atoms with Crippen LogP contribution in [-0.4, -0.2) is 52.1 Å². The summed E-state index contributed by atoms with van der Waals surface area (Å²) < 4.78 is 4.66. The van der Waals surface area contributed by atoms with Crippen LogP contribution in [0.2, 0.25) is 0 Å². The molecule has 0 fully saturated rings. The largest absolute Gasteiger partial charge is 2.00 e. The average Bonchev–Trinajstić information content (AvgIpc) is 2.63. The first-order valence-electron chi connectivity index (χ1n) is 10.7. The summed E-state index contributed by atoms with van der Waals surface area (Å²) >= 11 is 0. The van der Waals surface area contributed by atoms with Crippen molar-refractivity contribution in [3.63, 3.8) is 0 Å². The van der Waals surface area contributed by atoms with E-state index in [1.165, 1.54) is 64.2 Å². The standard InChI is InChI=1S/C21H39NO5.Mg.2H/c1-2-3-4-5-6-7-8-9-10-11-12-13-14-15-20(25)27-21(26)18(22)16-17-19(23)24;;;/h18H,2-17,22H2,1H3,(H,23,24);;;/q;+2;2*-1. The molecule has 6 nitrogen and oxygen atoms in total. The van der Waals surface area contributed by atoms with Crippen molar-refractivity contribution in [3.8, 4) is 0 Å². The van der Waals surface area contributed by atoms with Crippen LogP contribution < -0.4 is 5.73 Å². The number of carboxylic acids is 1. The molecule has 0 aliphatic carbocycles. The summed E-state index contributed by atoms with van der Waals surface area (Å²) in [5, 5.41) is 8.54. The molecule has 1 atom stereocenters. The Kier molecular flexibility index (Phi) is 22.2. The molecule has 0 bridgehead atoms. The number of aliphatic carboxylic acids is 1. The van der Waals surface area contributed by atoms with E-state index in [0.29, 0.717) is 6.42 Å². The van der Waals surface area contributed by atoms with Crippen molar-refractivity contribution >= 4 is 41.0 Å². The fourth-order valence-corrected chi connectivity index (χ4v) is 2.92. The van der Waals surface area contributed by atoms with Crippen molar-refractivity contribution < 1.29 is 27.1 Å². The SMILES string of the molecule is CCCCCCCCCCCCCCCC(=O)OC(=O)C(N)CCC(=O)O.[H-].[H-].[Mg+2]. The summed E-state index contributed by atoms with van der Waals surface area (Å²) in [7, 11) is 0. The minimum Gasteiger partial charge on any atom is -1.00 e. The molecule has 3 N–H and O–H groups in total. The maximum absolute atomic E-state index is 11.6. The topological polar surface area (TPSA) is 107 Å². The number of nitrogens with two attached hydrogens (primary N) is 1. The number of unbranched alkanes of at least 4 members (excludes halogenated alkanes) is 12. The van der Waals surface area contributed by atoms with Gasteiger partial charge in [0.2, 0.25) is 0 Å². The van der Waals surface area contributed by atoms with Gasteiger partial charge < -0.3 is 18.4 Å². The van der Waals surface area contributed by atoms with Gasteiger partial charge in [0, 0.05) is 12.8 Å². The summed E-state index contributed by atoms with van der Waals surface area (Å²) in [5.41, 5.74) is 5.50. The monoisotopic (exact) mass is 411 g/mol. The molecule has 0 amide bonds. The van der Waals surface area contributed by atoms with Gasteiger partial charge in [0.05, 0.1) is 0 Å². The molecule has 28 heavy (non-hydrogen) atoms. The van der Waals surface area contributed by atoms with Crippen LogP contribution in [0.5, 0.6) is 0 Å². The van der Waals surface area contributed by atoms with E-state index < -0.39 is 23.9 Å². The third kappa shape index (κ3) is 20.1. The van der Waals surface area contributed by atoms with E-state index in [9.17, 15) is 14.4 Å². The van der Waals surface area contributed by atoms with Gasteiger partial charge in [-0.1, -0.05) is 84.0 Å². The van der Waals surface area contributed by atoms with E-state index in [0.717, 1.165) is 12.8 Å². The van der Waals surface area contributed by atoms with Crippen molar-refractivity contribution in [2.24, 2.45) is 5.73 Å². The quantitative estimate of drug-likeness (QED) is 0.148. The Balaban J connectivity index is -0.00000113. The van der Waals surface area contributed by atoms with Gasteiger partial charge in [0.15, 0.2) is 0 Å². The first-order valence-corrected chi connectivity index (χ1v) is 10.7. The van der Waals surface area contributed by atoms with Gasteiger partial charge in [-0.3, -0.25) is 9.59 Å². The Bertz CT molecular complexity index is 428. The maximum Gasteiger partial charge on any atom is 2.00 e. The smallest absolute Gasteiger partial charge is 1.00 e. The van der Waals surface area contributed by atoms with Crippen molar-refractivity contribution in [3.05, 3.63) is 0 Å². The molecule has 7 heteroatoms. The molecule has 0 rings (SSSR count). The summed E-state index contributed by atoms with van der Waals surface area (Å²) in [4.78, 5) is 33.5. The molecule has 0 aliphatic heterocycles. The Labute approximate surface area is 189 Å². The summed E-state index contributed by atoms with van der Waals surface area (Å²) in [5.74, 6) is -2.44. The van der Waals surface area contributed by atoms with Crippen LogP contribution in [0.1, 0.15) is 113 Å². The third-order valence-electron chi connectivity index (χ3n) is 4.67. The predicted octanol–water partition coefficient (Wildman–Crippen LogP) is 4.57. The molecule has 0 heterocycles. The first-order chi connectivity index (χ1) is 13.0. The minimum absolute atomic E-state index is 0. The second-order valence-corrected chi connectivity index (χ2v) is 7.32. The van der Waals surface area contributed by atoms with E-state index in [-0.39, 0.29) is 45.2 Å². The number of esters is 2. The molecular formula is C21H41MgNO5. The van der Waals surface area contributed by atoms with Gasteiger partial charge in [-0.2, -0.15) is 0 Å². The third-order valence-corrected chi connectivity index (χ3v) is 4.67. The number of ether oxygens (including phenoxy) is 1. The zero-order valence-corrected chi connectivity index (χ0v) is 19.2. The second kappa shape index (κ2) is 21.1. The van der Waals surface area contributed by atoms with E-state index in [4.69, 9.17) is 10.8 Å². The van der Waals surface area contributed by atoms with Crippen LogP contribution in [0.4, 0.5) is 0 Å². The zero-order valence-electron chi connectivity index (χ0n) is 19.8. The van der Waals surface area contributed by atoms with Crippen LogP contribution in [0.25, 0.3) is 0 Å². The molecule has 0 spiro atoms. The molecular weight excluding hydrogens is 371 g/mol. The molecule has 0 saturated carbocycles. The number of carbonyl (C=O) groups excluding carboxylic acids is 2. The zero-order chi connectivity index (χ0) is 20.3. The van der Waals surface area contributed by atoms with Crippen LogP contribution in [0.3, 0.4) is 0 Å². The Morgan fingerprint density at radius 2 is 1.25 bits per heavy atom. The summed E-state index contributed by atoms with van der Waals surface area (Å²) in [6.07, 6.45) is 15.9. The Morgan fingerprint density at radius 1 is 0.821 bits per heavy atom. The second-order valence-electron chi connectivity index (χ2n) is 7.32. The normalized spacial score (nSPS) is 11.5. The van der Waals surface area contributed by atoms with Crippen LogP contribution in [0.15, 0.2) is 0 Å². The first kappa shape index (κ1) is 29.5. The van der Waals surface area contributed by atoms with Gasteiger partial charge >= 0.3 is 41.0 Å². The van der Waals surface area contributed by atoms with Crippen LogP contribution >= 0.6 is 0 Å². The molecule has 162 valence electrons. The molecule has 0 saturated heterocycles. The van der Waals surface area contributed by atoms with Gasteiger partial charge in [0.25, 0.3) is 0 Å². The van der Waals surface area contributed by atoms with E-state index >= 15 is 0 Å². The van der Waals surface area contributed by atoms with Gasteiger partial charge in [-0.15, -0.1) is 0 Å². The molecule has 0 aromatic carbocycles. The van der Waals surface area contributed by atoms with E-state index in [1.807, 2.05) is 0 Å². The summed E-state index contributed by atoms with van der Waals surface area (Å²) in [6, 6.07) is -1.06. The van der Waals surface area contributed by atoms with Gasteiger partial charge in [0.1, 0.15) is 6.04 Å². The van der Waals surface area contributed by atoms with Gasteiger partial charge in [-0.25, -0.2) is 4.79 Å². The number of carbonyl (C=O) groups is 3. The van der Waals surface area contributed by atoms with Gasteiger partial charge in [-0.05, 0) is 12.8 Å². The van der Waals surface area contributed by atoms with Crippen molar-refractivity contribution in [1.82, 2.24) is 0 Å². The molecule has 0 aromatic rings. The van der Waals surface area contributed by atoms with Crippen LogP contribution in [-0.2, 0) is 19.1 Å². The maximum atomic E-state index is 11.6. The number of rotatable bonds is 18. The number of hydrogen-bond acceptors (Lipinski definition) is 5. The fraction of sp³-hybridized carbons (Fsp3) is 0.857. The van der Waals surface area contributed by atoms with Crippen molar-refractivity contribution in [1.29, 1.82) is 0 Å². The van der Waals surface area contributed by atoms with Crippen molar-refractivity contribution in [2.45, 2.75) is 116 Å².